The Balaban J connectivity index is 2.07. The van der Waals surface area contributed by atoms with Crippen LogP contribution in [0.4, 0.5) is 5.82 Å². The highest BCUT2D eigenvalue weighted by atomic mass is 16.5. The Morgan fingerprint density at radius 1 is 1.18 bits per heavy atom. The molecule has 22 heavy (non-hydrogen) atoms. The monoisotopic (exact) mass is 298 g/mol. The fourth-order valence-electron chi connectivity index (χ4n) is 1.83. The lowest BCUT2D eigenvalue weighted by molar-refractivity contribution is -0.111. The first-order chi connectivity index (χ1) is 10.6. The van der Waals surface area contributed by atoms with Crippen molar-refractivity contribution in [2.45, 2.75) is 6.92 Å². The molecule has 1 N–H and O–H groups in total. The second-order valence-corrected chi connectivity index (χ2v) is 4.65. The molecule has 0 radical (unpaired) electrons. The topological polar surface area (TPSA) is 60.5 Å². The number of nitrogens with zero attached hydrogens (tertiary/aromatic N) is 1. The van der Waals surface area contributed by atoms with Gasteiger partial charge in [-0.3, -0.25) is 4.79 Å². The first-order valence-corrected chi connectivity index (χ1v) is 6.76. The minimum Gasteiger partial charge on any atom is -0.497 e. The van der Waals surface area contributed by atoms with Crippen LogP contribution in [-0.2, 0) is 4.79 Å². The van der Waals surface area contributed by atoms with Crippen LogP contribution in [-0.4, -0.2) is 25.1 Å². The number of carbonyl (C=O) groups excluding carboxylic acids is 1. The van der Waals surface area contributed by atoms with Gasteiger partial charge in [-0.15, -0.1) is 0 Å². The van der Waals surface area contributed by atoms with E-state index in [-0.39, 0.29) is 5.91 Å². The molecule has 0 unspecified atom stereocenters. The smallest absolute Gasteiger partial charge is 0.249 e. The minimum atomic E-state index is -0.255. The van der Waals surface area contributed by atoms with Crippen LogP contribution in [0.25, 0.3) is 6.08 Å². The maximum absolute atomic E-state index is 11.9. The summed E-state index contributed by atoms with van der Waals surface area (Å²) in [7, 11) is 3.16. The zero-order valence-corrected chi connectivity index (χ0v) is 12.8. The number of rotatable bonds is 5. The van der Waals surface area contributed by atoms with Crippen LogP contribution in [0.1, 0.15) is 11.1 Å². The third-order valence-electron chi connectivity index (χ3n) is 3.02. The molecule has 0 aliphatic heterocycles. The standard InChI is InChI=1S/C17H18N2O3/c1-12-4-8-16(18-11-12)19-17(20)9-6-13-5-7-14(21-2)10-15(13)22-3/h4-11H,1-3H3,(H,18,19,20)/b9-6+. The van der Waals surface area contributed by atoms with Gasteiger partial charge in [0, 0.05) is 23.9 Å². The second-order valence-electron chi connectivity index (χ2n) is 4.65. The van der Waals surface area contributed by atoms with Crippen molar-refractivity contribution in [3.05, 3.63) is 53.7 Å². The highest BCUT2D eigenvalue weighted by molar-refractivity contribution is 6.01. The van der Waals surface area contributed by atoms with Crippen molar-refractivity contribution in [3.8, 4) is 11.5 Å². The van der Waals surface area contributed by atoms with Crippen molar-refractivity contribution in [1.82, 2.24) is 4.98 Å². The van der Waals surface area contributed by atoms with Crippen LogP contribution in [0.3, 0.4) is 0 Å². The molecule has 0 saturated carbocycles. The molecule has 1 aromatic carbocycles. The second kappa shape index (κ2) is 7.26. The van der Waals surface area contributed by atoms with E-state index >= 15 is 0 Å². The average molecular weight is 298 g/mol. The summed E-state index contributed by atoms with van der Waals surface area (Å²) in [4.78, 5) is 16.0. The molecule has 0 aliphatic rings. The summed E-state index contributed by atoms with van der Waals surface area (Å²) in [6, 6.07) is 9.04. The van der Waals surface area contributed by atoms with Crippen molar-refractivity contribution < 1.29 is 14.3 Å². The van der Waals surface area contributed by atoms with E-state index in [0.29, 0.717) is 17.3 Å². The number of nitrogens with one attached hydrogen (secondary N) is 1. The predicted octanol–water partition coefficient (Wildman–Crippen LogP) is 3.06. The van der Waals surface area contributed by atoms with E-state index in [1.165, 1.54) is 6.08 Å². The SMILES string of the molecule is COc1ccc(/C=C/C(=O)Nc2ccc(C)cn2)c(OC)c1. The number of methoxy groups -OCH3 is 2. The maximum atomic E-state index is 11.9. The largest absolute Gasteiger partial charge is 0.497 e. The molecule has 0 aliphatic carbocycles. The molecule has 2 aromatic rings. The van der Waals surface area contributed by atoms with Gasteiger partial charge in [-0.2, -0.15) is 0 Å². The summed E-state index contributed by atoms with van der Waals surface area (Å²) in [5.74, 6) is 1.59. The van der Waals surface area contributed by atoms with Gasteiger partial charge < -0.3 is 14.8 Å². The number of anilines is 1. The van der Waals surface area contributed by atoms with Crippen molar-refractivity contribution in [2.75, 3.05) is 19.5 Å². The zero-order valence-electron chi connectivity index (χ0n) is 12.8. The molecule has 5 heteroatoms. The normalized spacial score (nSPS) is 10.5. The lowest BCUT2D eigenvalue weighted by Gasteiger charge is -2.07. The number of aromatic nitrogens is 1. The summed E-state index contributed by atoms with van der Waals surface area (Å²) in [5.41, 5.74) is 1.83. The molecule has 0 saturated heterocycles. The Kier molecular flexibility index (Phi) is 5.14. The molecular formula is C17H18N2O3. The molecule has 0 bridgehead atoms. The van der Waals surface area contributed by atoms with Gasteiger partial charge in [0.15, 0.2) is 0 Å². The molecule has 1 aromatic heterocycles. The molecular weight excluding hydrogens is 280 g/mol. The van der Waals surface area contributed by atoms with Gasteiger partial charge in [-0.1, -0.05) is 6.07 Å². The van der Waals surface area contributed by atoms with Crippen LogP contribution >= 0.6 is 0 Å². The highest BCUT2D eigenvalue weighted by Gasteiger charge is 2.03. The molecule has 1 amide bonds. The lowest BCUT2D eigenvalue weighted by atomic mass is 10.1. The van der Waals surface area contributed by atoms with Crippen LogP contribution < -0.4 is 14.8 Å². The Morgan fingerprint density at radius 2 is 2.00 bits per heavy atom. The van der Waals surface area contributed by atoms with Crippen molar-refractivity contribution >= 4 is 17.8 Å². The summed E-state index contributed by atoms with van der Waals surface area (Å²) >= 11 is 0. The van der Waals surface area contributed by atoms with Crippen molar-refractivity contribution in [2.24, 2.45) is 0 Å². The van der Waals surface area contributed by atoms with Crippen molar-refractivity contribution in [1.29, 1.82) is 0 Å². The third-order valence-corrected chi connectivity index (χ3v) is 3.02. The number of hydrogen-bond acceptors (Lipinski definition) is 4. The van der Waals surface area contributed by atoms with Gasteiger partial charge in [0.1, 0.15) is 17.3 Å². The molecule has 0 atom stereocenters. The molecule has 0 spiro atoms. The predicted molar refractivity (Wildman–Crippen MR) is 86.2 cm³/mol. The quantitative estimate of drug-likeness (QED) is 0.862. The number of aryl methyl sites for hydroxylation is 1. The number of pyridine rings is 1. The third kappa shape index (κ3) is 4.09. The molecule has 114 valence electrons. The summed E-state index contributed by atoms with van der Waals surface area (Å²) in [5, 5.41) is 2.70. The first-order valence-electron chi connectivity index (χ1n) is 6.76. The molecule has 0 fully saturated rings. The fraction of sp³-hybridized carbons (Fsp3) is 0.176. The lowest BCUT2D eigenvalue weighted by Crippen LogP contribution is -2.09. The molecule has 1 heterocycles. The van der Waals surface area contributed by atoms with E-state index < -0.39 is 0 Å². The maximum Gasteiger partial charge on any atom is 0.249 e. The molecule has 5 nitrogen and oxygen atoms in total. The highest BCUT2D eigenvalue weighted by Crippen LogP contribution is 2.25. The number of carbonyl (C=O) groups is 1. The Hall–Kier alpha value is -2.82. The van der Waals surface area contributed by atoms with E-state index in [4.69, 9.17) is 9.47 Å². The Labute approximate surface area is 129 Å². The Morgan fingerprint density at radius 3 is 2.64 bits per heavy atom. The Bertz CT molecular complexity index is 679. The molecule has 2 rings (SSSR count). The van der Waals surface area contributed by atoms with Crippen LogP contribution in [0.5, 0.6) is 11.5 Å². The number of ether oxygens (including phenoxy) is 2. The van der Waals surface area contributed by atoms with Crippen molar-refractivity contribution in [3.63, 3.8) is 0 Å². The summed E-state index contributed by atoms with van der Waals surface area (Å²) in [6.07, 6.45) is 4.82. The average Bonchev–Trinajstić information content (AvgIpc) is 2.55. The van der Waals surface area contributed by atoms with Crippen LogP contribution in [0.15, 0.2) is 42.6 Å². The number of hydrogen-bond donors (Lipinski definition) is 1. The van der Waals surface area contributed by atoms with E-state index in [1.54, 1.807) is 38.6 Å². The van der Waals surface area contributed by atoms with E-state index in [2.05, 4.69) is 10.3 Å². The van der Waals surface area contributed by atoms with Gasteiger partial charge in [0.25, 0.3) is 0 Å². The van der Waals surface area contributed by atoms with Gasteiger partial charge in [-0.25, -0.2) is 4.98 Å². The van der Waals surface area contributed by atoms with E-state index in [1.807, 2.05) is 25.1 Å². The van der Waals surface area contributed by atoms with Crippen LogP contribution in [0.2, 0.25) is 0 Å². The zero-order chi connectivity index (χ0) is 15.9. The van der Waals surface area contributed by atoms with Gasteiger partial charge in [0.05, 0.1) is 14.2 Å². The fourth-order valence-corrected chi connectivity index (χ4v) is 1.83. The van der Waals surface area contributed by atoms with Crippen LogP contribution in [0, 0.1) is 6.92 Å². The summed E-state index contributed by atoms with van der Waals surface area (Å²) in [6.45, 7) is 1.94. The number of amides is 1. The van der Waals surface area contributed by atoms with Gasteiger partial charge in [0.2, 0.25) is 5.91 Å². The minimum absolute atomic E-state index is 0.255. The number of benzene rings is 1. The van der Waals surface area contributed by atoms with E-state index in [9.17, 15) is 4.79 Å². The van der Waals surface area contributed by atoms with Gasteiger partial charge in [-0.05, 0) is 36.8 Å². The van der Waals surface area contributed by atoms with E-state index in [0.717, 1.165) is 11.1 Å². The van der Waals surface area contributed by atoms with Gasteiger partial charge >= 0.3 is 0 Å². The summed E-state index contributed by atoms with van der Waals surface area (Å²) < 4.78 is 10.4. The first kappa shape index (κ1) is 15.6.